The van der Waals surface area contributed by atoms with Crippen LogP contribution in [0.3, 0.4) is 0 Å². The van der Waals surface area contributed by atoms with Gasteiger partial charge in [-0.05, 0) is 92.8 Å². The fourth-order valence-corrected chi connectivity index (χ4v) is 3.67. The van der Waals surface area contributed by atoms with Crippen LogP contribution in [0.25, 0.3) is 0 Å². The zero-order chi connectivity index (χ0) is 31.8. The van der Waals surface area contributed by atoms with Crippen molar-refractivity contribution in [3.8, 4) is 5.75 Å². The second-order valence-electron chi connectivity index (χ2n) is 12.1. The van der Waals surface area contributed by atoms with Crippen LogP contribution in [0.15, 0.2) is 42.5 Å². The highest BCUT2D eigenvalue weighted by molar-refractivity contribution is 5.83. The number of nitrogens with two attached hydrogens (primary N) is 1. The molecule has 4 heteroatoms. The Labute approximate surface area is 253 Å². The van der Waals surface area contributed by atoms with Gasteiger partial charge in [0.1, 0.15) is 5.75 Å². The van der Waals surface area contributed by atoms with Crippen LogP contribution in [0, 0.1) is 5.92 Å². The number of hydrogen-bond donors (Lipinski definition) is 1. The monoisotopic (exact) mass is 573 g/mol. The third kappa shape index (κ3) is 23.0. The van der Waals surface area contributed by atoms with Gasteiger partial charge in [0, 0.05) is 5.69 Å². The normalized spacial score (nSPS) is 11.2. The number of Topliss-reactive ketones (excluding diaryl/α,β-unsaturated/α-hetero) is 1. The highest BCUT2D eigenvalue weighted by Gasteiger charge is 2.20. The second kappa shape index (κ2) is 24.3. The van der Waals surface area contributed by atoms with E-state index in [0.29, 0.717) is 5.92 Å². The van der Waals surface area contributed by atoms with Crippen molar-refractivity contribution in [2.45, 2.75) is 146 Å². The van der Waals surface area contributed by atoms with Crippen molar-refractivity contribution in [3.05, 3.63) is 59.2 Å². The highest BCUT2D eigenvalue weighted by atomic mass is 19.1. The zero-order valence-corrected chi connectivity index (χ0v) is 28.5. The molecule has 0 bridgehead atoms. The van der Waals surface area contributed by atoms with Crippen LogP contribution in [0.2, 0.25) is 0 Å². The predicted octanol–water partition coefficient (Wildman–Crippen LogP) is 11.3. The Morgan fingerprint density at radius 1 is 0.854 bits per heavy atom. The van der Waals surface area contributed by atoms with E-state index in [4.69, 9.17) is 10.5 Å². The van der Waals surface area contributed by atoms with E-state index >= 15 is 0 Å². The van der Waals surface area contributed by atoms with Crippen LogP contribution in [0.5, 0.6) is 5.75 Å². The molecule has 2 rings (SSSR count). The van der Waals surface area contributed by atoms with Gasteiger partial charge in [-0.25, -0.2) is 4.39 Å². The Morgan fingerprint density at radius 2 is 1.37 bits per heavy atom. The molecule has 1 atom stereocenters. The minimum Gasteiger partial charge on any atom is -0.494 e. The molecular weight excluding hydrogens is 509 g/mol. The van der Waals surface area contributed by atoms with E-state index in [2.05, 4.69) is 91.8 Å². The summed E-state index contributed by atoms with van der Waals surface area (Å²) in [6.07, 6.45) is 11.3. The van der Waals surface area contributed by atoms with E-state index in [0.717, 1.165) is 49.6 Å². The van der Waals surface area contributed by atoms with Gasteiger partial charge in [-0.15, -0.1) is 0 Å². The van der Waals surface area contributed by atoms with Crippen LogP contribution >= 0.6 is 0 Å². The fourth-order valence-electron chi connectivity index (χ4n) is 3.67. The van der Waals surface area contributed by atoms with Gasteiger partial charge in [-0.2, -0.15) is 0 Å². The molecule has 0 aliphatic rings. The lowest BCUT2D eigenvalue weighted by molar-refractivity contribution is -0.126. The van der Waals surface area contributed by atoms with Crippen LogP contribution in [0.1, 0.15) is 144 Å². The molecule has 1 unspecified atom stereocenters. The Bertz CT molecular complexity index is 893. The third-order valence-electron chi connectivity index (χ3n) is 6.20. The maximum absolute atomic E-state index is 12.2. The van der Waals surface area contributed by atoms with Crippen molar-refractivity contribution < 1.29 is 13.9 Å². The lowest BCUT2D eigenvalue weighted by atomic mass is 9.88. The zero-order valence-electron chi connectivity index (χ0n) is 28.5. The van der Waals surface area contributed by atoms with Gasteiger partial charge in [0.05, 0.1) is 6.61 Å². The molecule has 2 aromatic rings. The number of anilines is 1. The van der Waals surface area contributed by atoms with Crippen molar-refractivity contribution in [3.63, 3.8) is 0 Å². The van der Waals surface area contributed by atoms with Gasteiger partial charge in [-0.3, -0.25) is 4.79 Å². The molecule has 3 nitrogen and oxygen atoms in total. The lowest BCUT2D eigenvalue weighted by Gasteiger charge is -2.17. The summed E-state index contributed by atoms with van der Waals surface area (Å²) in [5.41, 5.74) is 9.34. The van der Waals surface area contributed by atoms with E-state index in [1.54, 1.807) is 0 Å². The Balaban J connectivity index is 0. The lowest BCUT2D eigenvalue weighted by Crippen LogP contribution is -2.22. The molecule has 0 fully saturated rings. The topological polar surface area (TPSA) is 52.3 Å². The number of nitrogen functional groups attached to an aromatic ring is 1. The number of rotatable bonds is 13. The first-order chi connectivity index (χ1) is 19.2. The van der Waals surface area contributed by atoms with Crippen molar-refractivity contribution in [2.24, 2.45) is 5.92 Å². The quantitative estimate of drug-likeness (QED) is 0.191. The number of halogens is 1. The molecule has 0 aliphatic carbocycles. The van der Waals surface area contributed by atoms with E-state index < -0.39 is 11.5 Å². The molecule has 0 spiro atoms. The van der Waals surface area contributed by atoms with E-state index in [1.807, 2.05) is 6.07 Å². The predicted molar refractivity (Wildman–Crippen MR) is 180 cm³/mol. The van der Waals surface area contributed by atoms with E-state index in [9.17, 15) is 9.18 Å². The van der Waals surface area contributed by atoms with Crippen molar-refractivity contribution in [1.82, 2.24) is 0 Å². The number of benzene rings is 2. The standard InChI is InChI=1S/C21H29NO.C7H16.C5H9FO.C4H10/c1-4-6-18-15-19(22)9-12-21(18)16(3)14-17-7-10-20(11-8-17)23-13-5-2;1-3-5-7-6-4-2;1-4(7)5(2,3)6;1-4(2)3/h7-12,15-16H,4-6,13-14,22H2,1-3H3;3-7H2,1-2H3;1-3H3;4H,1-3H3. The van der Waals surface area contributed by atoms with Gasteiger partial charge < -0.3 is 10.5 Å². The van der Waals surface area contributed by atoms with Gasteiger partial charge in [0.2, 0.25) is 0 Å². The molecule has 0 aliphatic heterocycles. The highest BCUT2D eigenvalue weighted by Crippen LogP contribution is 2.27. The minimum atomic E-state index is -1.64. The molecule has 2 aromatic carbocycles. The maximum Gasteiger partial charge on any atom is 0.166 e. The Hall–Kier alpha value is -2.36. The molecule has 41 heavy (non-hydrogen) atoms. The molecule has 2 N–H and O–H groups in total. The first kappa shape index (κ1) is 40.8. The summed E-state index contributed by atoms with van der Waals surface area (Å²) in [5.74, 6) is 1.86. The number of carbonyl (C=O) groups excluding carboxylic acids is 1. The summed E-state index contributed by atoms with van der Waals surface area (Å²) < 4.78 is 17.8. The summed E-state index contributed by atoms with van der Waals surface area (Å²) in [7, 11) is 0. The first-order valence-electron chi connectivity index (χ1n) is 16.0. The molecule has 0 aromatic heterocycles. The van der Waals surface area contributed by atoms with Gasteiger partial charge in [0.15, 0.2) is 11.5 Å². The molecular formula is C37H64FNO2. The fraction of sp³-hybridized carbons (Fsp3) is 0.649. The van der Waals surface area contributed by atoms with Crippen LogP contribution in [0.4, 0.5) is 10.1 Å². The summed E-state index contributed by atoms with van der Waals surface area (Å²) in [6, 6.07) is 14.9. The SMILES string of the molecule is CC(=O)C(C)(C)F.CC(C)C.CCCCCCC.CCCOc1ccc(CC(C)c2ccc(N)cc2CCC)cc1. The van der Waals surface area contributed by atoms with E-state index in [1.165, 1.54) is 69.6 Å². The first-order valence-corrected chi connectivity index (χ1v) is 16.0. The summed E-state index contributed by atoms with van der Waals surface area (Å²) >= 11 is 0. The van der Waals surface area contributed by atoms with Crippen molar-refractivity contribution in [1.29, 1.82) is 0 Å². The van der Waals surface area contributed by atoms with Crippen LogP contribution < -0.4 is 10.5 Å². The third-order valence-corrected chi connectivity index (χ3v) is 6.20. The van der Waals surface area contributed by atoms with Gasteiger partial charge in [-0.1, -0.05) is 112 Å². The number of aryl methyl sites for hydroxylation is 1. The molecule has 0 amide bonds. The smallest absolute Gasteiger partial charge is 0.166 e. The van der Waals surface area contributed by atoms with Gasteiger partial charge in [0.25, 0.3) is 0 Å². The molecule has 236 valence electrons. The molecule has 0 saturated carbocycles. The summed E-state index contributed by atoms with van der Waals surface area (Å²) in [6.45, 7) is 22.1. The molecule has 0 radical (unpaired) electrons. The second-order valence-corrected chi connectivity index (χ2v) is 12.1. The minimum absolute atomic E-state index is 0.424. The summed E-state index contributed by atoms with van der Waals surface area (Å²) in [5, 5.41) is 0. The Morgan fingerprint density at radius 3 is 1.78 bits per heavy atom. The van der Waals surface area contributed by atoms with Crippen LogP contribution in [-0.4, -0.2) is 18.1 Å². The average Bonchev–Trinajstić information content (AvgIpc) is 2.89. The van der Waals surface area contributed by atoms with Crippen LogP contribution in [-0.2, 0) is 17.6 Å². The number of ketones is 1. The molecule has 0 heterocycles. The number of ether oxygens (including phenoxy) is 1. The number of unbranched alkanes of at least 4 members (excludes halogenated alkanes) is 4. The summed E-state index contributed by atoms with van der Waals surface area (Å²) in [4.78, 5) is 10.1. The molecule has 0 saturated heterocycles. The van der Waals surface area contributed by atoms with Crippen molar-refractivity contribution >= 4 is 11.5 Å². The number of hydrogen-bond acceptors (Lipinski definition) is 3. The number of carbonyl (C=O) groups is 1. The average molecular weight is 574 g/mol. The Kier molecular flexibility index (Phi) is 24.1. The van der Waals surface area contributed by atoms with E-state index in [-0.39, 0.29) is 0 Å². The largest absolute Gasteiger partial charge is 0.494 e. The van der Waals surface area contributed by atoms with Gasteiger partial charge >= 0.3 is 0 Å². The van der Waals surface area contributed by atoms with Crippen molar-refractivity contribution in [2.75, 3.05) is 12.3 Å². The maximum atomic E-state index is 12.2. The number of alkyl halides is 1.